The van der Waals surface area contributed by atoms with Crippen LogP contribution in [0.4, 0.5) is 0 Å². The summed E-state index contributed by atoms with van der Waals surface area (Å²) in [4.78, 5) is 18.3. The highest BCUT2D eigenvalue weighted by Crippen LogP contribution is 2.36. The average molecular weight is 323 g/mol. The maximum absolute atomic E-state index is 11.6. The van der Waals surface area contributed by atoms with Gasteiger partial charge in [0.15, 0.2) is 0 Å². The molecule has 3 rings (SSSR count). The van der Waals surface area contributed by atoms with E-state index >= 15 is 0 Å². The lowest BCUT2D eigenvalue weighted by molar-refractivity contribution is -0.181. The molecule has 1 spiro atoms. The van der Waals surface area contributed by atoms with Crippen molar-refractivity contribution in [2.24, 2.45) is 11.8 Å². The van der Waals surface area contributed by atoms with E-state index in [1.807, 2.05) is 25.4 Å². The molecule has 0 aromatic carbocycles. The number of likely N-dealkylation sites (tertiary alicyclic amines) is 1. The molecule has 1 aromatic rings. The van der Waals surface area contributed by atoms with Crippen LogP contribution in [0.3, 0.4) is 0 Å². The van der Waals surface area contributed by atoms with Gasteiger partial charge in [-0.1, -0.05) is 13.8 Å². The van der Waals surface area contributed by atoms with Crippen LogP contribution >= 0.6 is 11.3 Å². The number of nitrogens with one attached hydrogen (secondary N) is 1. The Labute approximate surface area is 136 Å². The molecule has 0 radical (unpaired) electrons. The Bertz CT molecular complexity index is 487. The fourth-order valence-electron chi connectivity index (χ4n) is 3.18. The largest absolute Gasteiger partial charge is 0.372 e. The van der Waals surface area contributed by atoms with Gasteiger partial charge < -0.3 is 10.1 Å². The number of hydrogen-bond acceptors (Lipinski definition) is 5. The van der Waals surface area contributed by atoms with Crippen LogP contribution in [0.5, 0.6) is 0 Å². The monoisotopic (exact) mass is 323 g/mol. The van der Waals surface area contributed by atoms with Crippen molar-refractivity contribution in [3.63, 3.8) is 0 Å². The molecule has 2 aliphatic heterocycles. The van der Waals surface area contributed by atoms with E-state index < -0.39 is 0 Å². The van der Waals surface area contributed by atoms with Gasteiger partial charge in [-0.3, -0.25) is 9.69 Å². The van der Waals surface area contributed by atoms with Gasteiger partial charge in [-0.2, -0.15) is 0 Å². The second-order valence-corrected chi connectivity index (χ2v) is 7.85. The van der Waals surface area contributed by atoms with E-state index in [0.717, 1.165) is 45.6 Å². The van der Waals surface area contributed by atoms with Gasteiger partial charge in [0.2, 0.25) is 5.91 Å². The molecule has 2 saturated heterocycles. The van der Waals surface area contributed by atoms with Crippen molar-refractivity contribution in [2.45, 2.75) is 38.8 Å². The third-order valence-electron chi connectivity index (χ3n) is 4.59. The number of rotatable bonds is 5. The summed E-state index contributed by atoms with van der Waals surface area (Å²) in [6.07, 6.45) is 4.11. The molecule has 1 atom stereocenters. The molecule has 1 N–H and O–H groups in total. The van der Waals surface area contributed by atoms with Gasteiger partial charge in [-0.05, 0) is 18.8 Å². The van der Waals surface area contributed by atoms with Gasteiger partial charge in [-0.25, -0.2) is 4.98 Å². The number of hydrogen-bond donors (Lipinski definition) is 1. The maximum Gasteiger partial charge on any atom is 0.222 e. The Kier molecular flexibility index (Phi) is 4.80. The highest BCUT2D eigenvalue weighted by Gasteiger charge is 2.46. The number of amides is 1. The lowest BCUT2D eigenvalue weighted by Gasteiger charge is -2.52. The highest BCUT2D eigenvalue weighted by atomic mass is 32.1. The lowest BCUT2D eigenvalue weighted by atomic mass is 9.83. The van der Waals surface area contributed by atoms with Crippen molar-refractivity contribution in [1.82, 2.24) is 15.2 Å². The van der Waals surface area contributed by atoms with E-state index in [1.165, 1.54) is 5.01 Å². The Morgan fingerprint density at radius 1 is 1.59 bits per heavy atom. The van der Waals surface area contributed by atoms with Crippen molar-refractivity contribution in [2.75, 3.05) is 26.2 Å². The summed E-state index contributed by atoms with van der Waals surface area (Å²) in [6.45, 7) is 8.32. The maximum atomic E-state index is 11.6. The number of aromatic nitrogens is 1. The minimum absolute atomic E-state index is 0.0573. The molecule has 0 unspecified atom stereocenters. The molecule has 1 amide bonds. The molecular formula is C16H25N3O2S. The molecule has 2 fully saturated rings. The SMILES string of the molecule is CC(C)C(=O)NC[C@H]1CCC2(CN(Cc3nccs3)C2)OC1. The van der Waals surface area contributed by atoms with Gasteiger partial charge >= 0.3 is 0 Å². The van der Waals surface area contributed by atoms with Crippen molar-refractivity contribution in [3.05, 3.63) is 16.6 Å². The van der Waals surface area contributed by atoms with E-state index in [4.69, 9.17) is 4.74 Å². The smallest absolute Gasteiger partial charge is 0.222 e. The molecule has 122 valence electrons. The molecule has 3 heterocycles. The summed E-state index contributed by atoms with van der Waals surface area (Å²) in [5, 5.41) is 6.22. The number of nitrogens with zero attached hydrogens (tertiary/aromatic N) is 2. The first kappa shape index (κ1) is 15.9. The molecular weight excluding hydrogens is 298 g/mol. The molecule has 1 aromatic heterocycles. The van der Waals surface area contributed by atoms with Crippen LogP contribution in [0, 0.1) is 11.8 Å². The Hall–Kier alpha value is -0.980. The van der Waals surface area contributed by atoms with Crippen LogP contribution in [-0.2, 0) is 16.1 Å². The van der Waals surface area contributed by atoms with Gasteiger partial charge in [0.25, 0.3) is 0 Å². The molecule has 5 nitrogen and oxygen atoms in total. The van der Waals surface area contributed by atoms with Gasteiger partial charge in [0.05, 0.1) is 18.8 Å². The third kappa shape index (κ3) is 3.67. The standard InChI is InChI=1S/C16H25N3O2S/c1-12(2)15(20)18-7-13-3-4-16(21-9-13)10-19(11-16)8-14-17-5-6-22-14/h5-6,12-13H,3-4,7-11H2,1-2H3,(H,18,20)/t13-/m1/s1. The summed E-state index contributed by atoms with van der Waals surface area (Å²) in [7, 11) is 0. The summed E-state index contributed by atoms with van der Waals surface area (Å²) >= 11 is 1.71. The topological polar surface area (TPSA) is 54.5 Å². The van der Waals surface area contributed by atoms with Crippen molar-refractivity contribution >= 4 is 17.2 Å². The molecule has 22 heavy (non-hydrogen) atoms. The first-order valence-electron chi connectivity index (χ1n) is 8.09. The van der Waals surface area contributed by atoms with Gasteiger partial charge in [0, 0.05) is 37.1 Å². The van der Waals surface area contributed by atoms with Gasteiger partial charge in [-0.15, -0.1) is 11.3 Å². The number of carbonyl (C=O) groups excluding carboxylic acids is 1. The zero-order chi connectivity index (χ0) is 15.6. The van der Waals surface area contributed by atoms with Gasteiger partial charge in [0.1, 0.15) is 5.01 Å². The third-order valence-corrected chi connectivity index (χ3v) is 5.35. The molecule has 0 bridgehead atoms. The number of ether oxygens (including phenoxy) is 1. The Balaban J connectivity index is 1.37. The first-order valence-corrected chi connectivity index (χ1v) is 8.97. The van der Waals surface area contributed by atoms with Crippen LogP contribution in [0.2, 0.25) is 0 Å². The molecule has 0 aliphatic carbocycles. The fraction of sp³-hybridized carbons (Fsp3) is 0.750. The van der Waals surface area contributed by atoms with Crippen molar-refractivity contribution in [3.8, 4) is 0 Å². The van der Waals surface area contributed by atoms with Crippen LogP contribution in [0.15, 0.2) is 11.6 Å². The summed E-state index contributed by atoms with van der Waals surface area (Å²) < 4.78 is 6.15. The zero-order valence-electron chi connectivity index (χ0n) is 13.4. The molecule has 6 heteroatoms. The first-order chi connectivity index (χ1) is 10.6. The minimum atomic E-state index is 0.0573. The van der Waals surface area contributed by atoms with Crippen LogP contribution in [0.25, 0.3) is 0 Å². The second-order valence-electron chi connectivity index (χ2n) is 6.87. The lowest BCUT2D eigenvalue weighted by Crippen LogP contribution is -2.64. The summed E-state index contributed by atoms with van der Waals surface area (Å²) in [5.74, 6) is 0.654. The number of carbonyl (C=O) groups is 1. The van der Waals surface area contributed by atoms with Crippen LogP contribution in [0.1, 0.15) is 31.7 Å². The van der Waals surface area contributed by atoms with E-state index in [2.05, 4.69) is 15.2 Å². The Morgan fingerprint density at radius 3 is 3.00 bits per heavy atom. The van der Waals surface area contributed by atoms with E-state index in [-0.39, 0.29) is 17.4 Å². The molecule has 2 aliphatic rings. The predicted molar refractivity (Wildman–Crippen MR) is 86.6 cm³/mol. The Morgan fingerprint density at radius 2 is 2.41 bits per heavy atom. The van der Waals surface area contributed by atoms with E-state index in [1.54, 1.807) is 11.3 Å². The van der Waals surface area contributed by atoms with Crippen molar-refractivity contribution in [1.29, 1.82) is 0 Å². The second kappa shape index (κ2) is 6.64. The molecule has 0 saturated carbocycles. The summed E-state index contributed by atoms with van der Waals surface area (Å²) in [6, 6.07) is 0. The number of thiazole rings is 1. The average Bonchev–Trinajstić information content (AvgIpc) is 2.97. The normalized spacial score (nSPS) is 24.4. The fourth-order valence-corrected chi connectivity index (χ4v) is 3.84. The van der Waals surface area contributed by atoms with E-state index in [9.17, 15) is 4.79 Å². The summed E-state index contributed by atoms with van der Waals surface area (Å²) in [5.41, 5.74) is 0.0653. The van der Waals surface area contributed by atoms with Crippen LogP contribution in [-0.4, -0.2) is 47.6 Å². The predicted octanol–water partition coefficient (Wildman–Crippen LogP) is 1.90. The minimum Gasteiger partial charge on any atom is -0.372 e. The van der Waals surface area contributed by atoms with E-state index in [0.29, 0.717) is 5.92 Å². The highest BCUT2D eigenvalue weighted by molar-refractivity contribution is 7.09. The van der Waals surface area contributed by atoms with Crippen LogP contribution < -0.4 is 5.32 Å². The quantitative estimate of drug-likeness (QED) is 0.899. The zero-order valence-corrected chi connectivity index (χ0v) is 14.2. The van der Waals surface area contributed by atoms with Crippen molar-refractivity contribution < 1.29 is 9.53 Å².